The lowest BCUT2D eigenvalue weighted by molar-refractivity contribution is 0.405. The van der Waals surface area contributed by atoms with Gasteiger partial charge in [0.25, 0.3) is 0 Å². The molecule has 0 aromatic heterocycles. The van der Waals surface area contributed by atoms with Gasteiger partial charge in [-0.05, 0) is 59.0 Å². The predicted molar refractivity (Wildman–Crippen MR) is 166 cm³/mol. The maximum atomic E-state index is 5.38. The van der Waals surface area contributed by atoms with E-state index in [2.05, 4.69) is 90.7 Å². The number of aliphatic imine (C=N–C) groups is 1. The van der Waals surface area contributed by atoms with E-state index in [-0.39, 0.29) is 17.0 Å². The first-order valence-corrected chi connectivity index (χ1v) is 13.5. The second-order valence-electron chi connectivity index (χ2n) is 8.70. The summed E-state index contributed by atoms with van der Waals surface area (Å²) in [5.74, 6) is 2.56. The van der Waals surface area contributed by atoms with Crippen molar-refractivity contribution < 1.29 is 9.47 Å². The van der Waals surface area contributed by atoms with Gasteiger partial charge in [-0.3, -0.25) is 0 Å². The summed E-state index contributed by atoms with van der Waals surface area (Å²) in [6.07, 6.45) is 0.938. The standard InChI is InChI=1S/C32H34N2O2S.BrH/c1-4-28-12-8-9-13-31(28)33-32(37-24-27-10-6-5-7-11-27)34(22-25-14-18-29(35-2)19-15-25)23-26-16-20-30(36-3)21-17-26;/h5-21H,4,22-24H2,1-3H3;1H. The molecular formula is C32H35BrN2O2S. The molecule has 6 heteroatoms. The molecule has 0 heterocycles. The SMILES string of the molecule is Br.CCc1ccccc1N=C(SCc1ccccc1)N(Cc1ccc(OC)cc1)Cc1ccc(OC)cc1. The Morgan fingerprint density at radius 1 is 0.684 bits per heavy atom. The predicted octanol–water partition coefficient (Wildman–Crippen LogP) is 8.47. The van der Waals surface area contributed by atoms with Gasteiger partial charge in [0.1, 0.15) is 11.5 Å². The highest BCUT2D eigenvalue weighted by atomic mass is 79.9. The molecule has 38 heavy (non-hydrogen) atoms. The third-order valence-electron chi connectivity index (χ3n) is 6.13. The van der Waals surface area contributed by atoms with Gasteiger partial charge < -0.3 is 14.4 Å². The van der Waals surface area contributed by atoms with Crippen molar-refractivity contribution in [3.05, 3.63) is 125 Å². The molecule has 0 unspecified atom stereocenters. The van der Waals surface area contributed by atoms with Crippen molar-refractivity contribution in [3.8, 4) is 11.5 Å². The topological polar surface area (TPSA) is 34.1 Å². The molecule has 0 bridgehead atoms. The van der Waals surface area contributed by atoms with E-state index < -0.39 is 0 Å². The van der Waals surface area contributed by atoms with Crippen molar-refractivity contribution >= 4 is 39.6 Å². The number of hydrogen-bond acceptors (Lipinski definition) is 4. The molecule has 0 amide bonds. The van der Waals surface area contributed by atoms with Gasteiger partial charge in [-0.1, -0.05) is 91.5 Å². The number of halogens is 1. The molecule has 0 radical (unpaired) electrons. The first-order valence-electron chi connectivity index (χ1n) is 12.5. The van der Waals surface area contributed by atoms with Gasteiger partial charge in [-0.25, -0.2) is 4.99 Å². The van der Waals surface area contributed by atoms with Gasteiger partial charge in [0.05, 0.1) is 19.9 Å². The molecule has 0 aliphatic carbocycles. The molecule has 4 rings (SSSR count). The molecule has 198 valence electrons. The van der Waals surface area contributed by atoms with Crippen molar-refractivity contribution in [2.75, 3.05) is 14.2 Å². The van der Waals surface area contributed by atoms with Gasteiger partial charge in [-0.15, -0.1) is 17.0 Å². The molecule has 0 aliphatic rings. The number of thioether (sulfide) groups is 1. The van der Waals surface area contributed by atoms with Crippen LogP contribution in [0, 0.1) is 0 Å². The van der Waals surface area contributed by atoms with E-state index in [9.17, 15) is 0 Å². The monoisotopic (exact) mass is 590 g/mol. The molecule has 4 aromatic carbocycles. The number of methoxy groups -OCH3 is 2. The van der Waals surface area contributed by atoms with Crippen molar-refractivity contribution in [1.82, 2.24) is 4.90 Å². The fraction of sp³-hybridized carbons (Fsp3) is 0.219. The zero-order valence-corrected chi connectivity index (χ0v) is 24.7. The fourth-order valence-electron chi connectivity index (χ4n) is 4.03. The molecule has 0 N–H and O–H groups in total. The summed E-state index contributed by atoms with van der Waals surface area (Å²) < 4.78 is 10.8. The van der Waals surface area contributed by atoms with Crippen LogP contribution in [0.15, 0.2) is 108 Å². The van der Waals surface area contributed by atoms with E-state index in [1.165, 1.54) is 22.3 Å². The average molecular weight is 592 g/mol. The van der Waals surface area contributed by atoms with Crippen LogP contribution in [0.4, 0.5) is 5.69 Å². The fourth-order valence-corrected chi connectivity index (χ4v) is 4.99. The minimum Gasteiger partial charge on any atom is -0.497 e. The molecule has 0 spiro atoms. The van der Waals surface area contributed by atoms with E-state index in [0.717, 1.165) is 47.6 Å². The number of para-hydroxylation sites is 1. The highest BCUT2D eigenvalue weighted by molar-refractivity contribution is 8.93. The van der Waals surface area contributed by atoms with Gasteiger partial charge in [0, 0.05) is 18.8 Å². The van der Waals surface area contributed by atoms with Crippen LogP contribution in [-0.4, -0.2) is 24.3 Å². The second-order valence-corrected chi connectivity index (χ2v) is 9.65. The minimum absolute atomic E-state index is 0. The van der Waals surface area contributed by atoms with Gasteiger partial charge in [-0.2, -0.15) is 0 Å². The Bertz CT molecular complexity index is 1230. The maximum Gasteiger partial charge on any atom is 0.165 e. The summed E-state index contributed by atoms with van der Waals surface area (Å²) in [5.41, 5.74) is 5.94. The highest BCUT2D eigenvalue weighted by Crippen LogP contribution is 2.27. The van der Waals surface area contributed by atoms with Crippen molar-refractivity contribution in [2.45, 2.75) is 32.2 Å². The molecule has 4 nitrogen and oxygen atoms in total. The number of hydrogen-bond donors (Lipinski definition) is 0. The Hall–Kier alpha value is -3.22. The molecule has 0 atom stereocenters. The number of benzene rings is 4. The van der Waals surface area contributed by atoms with Crippen molar-refractivity contribution in [1.29, 1.82) is 0 Å². The van der Waals surface area contributed by atoms with Crippen LogP contribution in [0.1, 0.15) is 29.2 Å². The number of amidine groups is 1. The molecule has 0 aliphatic heterocycles. The lowest BCUT2D eigenvalue weighted by Gasteiger charge is -2.27. The third kappa shape index (κ3) is 8.40. The summed E-state index contributed by atoms with van der Waals surface area (Å²) in [6.45, 7) is 3.63. The van der Waals surface area contributed by atoms with Gasteiger partial charge in [0.2, 0.25) is 0 Å². The Morgan fingerprint density at radius 3 is 1.74 bits per heavy atom. The van der Waals surface area contributed by atoms with Crippen molar-refractivity contribution in [3.63, 3.8) is 0 Å². The van der Waals surface area contributed by atoms with Crippen LogP contribution in [0.2, 0.25) is 0 Å². The van der Waals surface area contributed by atoms with Crippen LogP contribution in [0.3, 0.4) is 0 Å². The Kier molecular flexibility index (Phi) is 11.8. The summed E-state index contributed by atoms with van der Waals surface area (Å²) in [6, 6.07) is 35.6. The van der Waals surface area contributed by atoms with E-state index in [1.54, 1.807) is 26.0 Å². The molecule has 0 saturated heterocycles. The lowest BCUT2D eigenvalue weighted by Crippen LogP contribution is -2.28. The number of nitrogens with zero attached hydrogens (tertiary/aromatic N) is 2. The van der Waals surface area contributed by atoms with Crippen LogP contribution in [0.25, 0.3) is 0 Å². The van der Waals surface area contributed by atoms with Crippen LogP contribution in [-0.2, 0) is 25.3 Å². The Labute approximate surface area is 241 Å². The minimum atomic E-state index is 0. The van der Waals surface area contributed by atoms with E-state index in [4.69, 9.17) is 14.5 Å². The molecule has 4 aromatic rings. The third-order valence-corrected chi connectivity index (χ3v) is 7.22. The lowest BCUT2D eigenvalue weighted by atomic mass is 10.1. The van der Waals surface area contributed by atoms with E-state index in [1.807, 2.05) is 24.3 Å². The molecular weight excluding hydrogens is 556 g/mol. The van der Waals surface area contributed by atoms with Crippen LogP contribution in [0.5, 0.6) is 11.5 Å². The van der Waals surface area contributed by atoms with E-state index >= 15 is 0 Å². The average Bonchev–Trinajstić information content (AvgIpc) is 2.96. The zero-order valence-electron chi connectivity index (χ0n) is 22.2. The highest BCUT2D eigenvalue weighted by Gasteiger charge is 2.16. The first kappa shape index (κ1) is 29.3. The summed E-state index contributed by atoms with van der Waals surface area (Å²) >= 11 is 1.78. The zero-order chi connectivity index (χ0) is 25.9. The normalized spacial score (nSPS) is 11.0. The maximum absolute atomic E-state index is 5.38. The van der Waals surface area contributed by atoms with E-state index in [0.29, 0.717) is 0 Å². The molecule has 0 saturated carbocycles. The summed E-state index contributed by atoms with van der Waals surface area (Å²) in [4.78, 5) is 7.63. The largest absolute Gasteiger partial charge is 0.497 e. The Morgan fingerprint density at radius 2 is 1.21 bits per heavy atom. The van der Waals surface area contributed by atoms with Gasteiger partial charge >= 0.3 is 0 Å². The van der Waals surface area contributed by atoms with Crippen molar-refractivity contribution in [2.24, 2.45) is 4.99 Å². The number of ether oxygens (including phenoxy) is 2. The van der Waals surface area contributed by atoms with Gasteiger partial charge in [0.15, 0.2) is 5.17 Å². The Balaban J connectivity index is 0.00000400. The summed E-state index contributed by atoms with van der Waals surface area (Å²) in [5, 5.41) is 0.997. The number of rotatable bonds is 10. The van der Waals surface area contributed by atoms with Crippen LogP contribution < -0.4 is 9.47 Å². The summed E-state index contributed by atoms with van der Waals surface area (Å²) in [7, 11) is 3.39. The number of aryl methyl sites for hydroxylation is 1. The second kappa shape index (κ2) is 15.3. The molecule has 0 fully saturated rings. The van der Waals surface area contributed by atoms with Crippen LogP contribution >= 0.6 is 28.7 Å². The quantitative estimate of drug-likeness (QED) is 0.137. The smallest absolute Gasteiger partial charge is 0.165 e. The first-order chi connectivity index (χ1) is 18.2.